The Morgan fingerprint density at radius 3 is 2.40 bits per heavy atom. The van der Waals surface area contributed by atoms with Crippen molar-refractivity contribution in [2.75, 3.05) is 6.54 Å². The molecule has 0 radical (unpaired) electrons. The van der Waals surface area contributed by atoms with Crippen LogP contribution in [0.2, 0.25) is 0 Å². The Bertz CT molecular complexity index is 458. The van der Waals surface area contributed by atoms with E-state index in [1.165, 1.54) is 44.3 Å². The molecule has 0 aliphatic heterocycles. The third kappa shape index (κ3) is 1.93. The summed E-state index contributed by atoms with van der Waals surface area (Å²) in [5.41, 5.74) is 0.339. The molecule has 3 heteroatoms. The van der Waals surface area contributed by atoms with E-state index < -0.39 is 0 Å². The maximum absolute atomic E-state index is 6.21. The molecule has 1 aromatic rings. The maximum atomic E-state index is 6.21. The van der Waals surface area contributed by atoms with E-state index in [0.29, 0.717) is 5.41 Å². The van der Waals surface area contributed by atoms with E-state index in [9.17, 15) is 0 Å². The molecule has 4 bridgehead atoms. The molecule has 0 aromatic carbocycles. The van der Waals surface area contributed by atoms with Crippen molar-refractivity contribution in [2.45, 2.75) is 63.8 Å². The lowest BCUT2D eigenvalue weighted by Crippen LogP contribution is -2.48. The van der Waals surface area contributed by atoms with Gasteiger partial charge in [-0.15, -0.1) is 0 Å². The molecule has 1 N–H and O–H groups in total. The lowest BCUT2D eigenvalue weighted by Gasteiger charge is -2.55. The SMILES string of the molecule is CCNC(C)c1ncc(C23CC4CC(CC(C4)C2)C3)o1. The molecular formula is C17H26N2O. The summed E-state index contributed by atoms with van der Waals surface area (Å²) in [6.45, 7) is 5.22. The minimum Gasteiger partial charge on any atom is -0.443 e. The summed E-state index contributed by atoms with van der Waals surface area (Å²) in [5.74, 6) is 4.94. The van der Waals surface area contributed by atoms with Crippen LogP contribution in [0.15, 0.2) is 10.6 Å². The third-order valence-corrected chi connectivity index (χ3v) is 5.97. The first-order valence-corrected chi connectivity index (χ1v) is 8.38. The van der Waals surface area contributed by atoms with Crippen LogP contribution in [0.25, 0.3) is 0 Å². The van der Waals surface area contributed by atoms with Crippen LogP contribution in [0.1, 0.15) is 70.1 Å². The molecule has 1 unspecified atom stereocenters. The smallest absolute Gasteiger partial charge is 0.211 e. The number of nitrogens with one attached hydrogen (secondary N) is 1. The lowest BCUT2D eigenvalue weighted by atomic mass is 9.49. The monoisotopic (exact) mass is 274 g/mol. The summed E-state index contributed by atoms with van der Waals surface area (Å²) in [4.78, 5) is 4.56. The molecule has 1 atom stereocenters. The van der Waals surface area contributed by atoms with Crippen LogP contribution < -0.4 is 5.32 Å². The van der Waals surface area contributed by atoms with Crippen LogP contribution in [0.5, 0.6) is 0 Å². The molecule has 110 valence electrons. The van der Waals surface area contributed by atoms with E-state index in [-0.39, 0.29) is 6.04 Å². The number of hydrogen-bond acceptors (Lipinski definition) is 3. The van der Waals surface area contributed by atoms with Crippen LogP contribution in [0, 0.1) is 17.8 Å². The fraction of sp³-hybridized carbons (Fsp3) is 0.824. The fourth-order valence-electron chi connectivity index (χ4n) is 5.54. The predicted molar refractivity (Wildman–Crippen MR) is 78.4 cm³/mol. The second-order valence-corrected chi connectivity index (χ2v) is 7.54. The largest absolute Gasteiger partial charge is 0.443 e. The highest BCUT2D eigenvalue weighted by Gasteiger charge is 2.53. The maximum Gasteiger partial charge on any atom is 0.211 e. The summed E-state index contributed by atoms with van der Waals surface area (Å²) in [5, 5.41) is 3.39. The molecule has 4 saturated carbocycles. The minimum atomic E-state index is 0.225. The van der Waals surface area contributed by atoms with Gasteiger partial charge in [-0.05, 0) is 69.7 Å². The first-order chi connectivity index (χ1) is 9.68. The van der Waals surface area contributed by atoms with E-state index in [0.717, 1.165) is 30.2 Å². The third-order valence-electron chi connectivity index (χ3n) is 5.97. The highest BCUT2D eigenvalue weighted by molar-refractivity contribution is 5.19. The standard InChI is InChI=1S/C17H26N2O/c1-3-18-11(2)16-19-10-15(20-16)17-7-12-4-13(8-17)6-14(5-12)9-17/h10-14,18H,3-9H2,1-2H3. The second-order valence-electron chi connectivity index (χ2n) is 7.54. The van der Waals surface area contributed by atoms with Crippen molar-refractivity contribution >= 4 is 0 Å². The van der Waals surface area contributed by atoms with Crippen LogP contribution in [-0.4, -0.2) is 11.5 Å². The van der Waals surface area contributed by atoms with Gasteiger partial charge in [0, 0.05) is 5.41 Å². The molecule has 4 fully saturated rings. The van der Waals surface area contributed by atoms with Gasteiger partial charge in [-0.25, -0.2) is 4.98 Å². The van der Waals surface area contributed by atoms with Gasteiger partial charge >= 0.3 is 0 Å². The van der Waals surface area contributed by atoms with Crippen molar-refractivity contribution in [3.63, 3.8) is 0 Å². The van der Waals surface area contributed by atoms with Crippen LogP contribution >= 0.6 is 0 Å². The summed E-state index contributed by atoms with van der Waals surface area (Å²) >= 11 is 0. The number of hydrogen-bond donors (Lipinski definition) is 1. The molecule has 5 rings (SSSR count). The Hall–Kier alpha value is -0.830. The number of rotatable bonds is 4. The highest BCUT2D eigenvalue weighted by atomic mass is 16.4. The van der Waals surface area contributed by atoms with Gasteiger partial charge in [0.2, 0.25) is 5.89 Å². The van der Waals surface area contributed by atoms with Gasteiger partial charge < -0.3 is 9.73 Å². The van der Waals surface area contributed by atoms with Gasteiger partial charge in [0.25, 0.3) is 0 Å². The normalized spacial score (nSPS) is 40.2. The van der Waals surface area contributed by atoms with Gasteiger partial charge in [-0.1, -0.05) is 6.92 Å². The number of nitrogens with zero attached hydrogens (tertiary/aromatic N) is 1. The summed E-state index contributed by atoms with van der Waals surface area (Å²) < 4.78 is 6.21. The van der Waals surface area contributed by atoms with Gasteiger partial charge in [0.15, 0.2) is 0 Å². The lowest BCUT2D eigenvalue weighted by molar-refractivity contribution is -0.0157. The van der Waals surface area contributed by atoms with Crippen LogP contribution in [-0.2, 0) is 5.41 Å². The Balaban J connectivity index is 1.61. The average molecular weight is 274 g/mol. The molecule has 20 heavy (non-hydrogen) atoms. The van der Waals surface area contributed by atoms with Crippen LogP contribution in [0.3, 0.4) is 0 Å². The first-order valence-electron chi connectivity index (χ1n) is 8.38. The van der Waals surface area contributed by atoms with Crippen LogP contribution in [0.4, 0.5) is 0 Å². The molecule has 0 saturated heterocycles. The quantitative estimate of drug-likeness (QED) is 0.907. The van der Waals surface area contributed by atoms with Gasteiger partial charge in [-0.3, -0.25) is 0 Å². The molecule has 4 aliphatic rings. The van der Waals surface area contributed by atoms with E-state index in [2.05, 4.69) is 24.1 Å². The summed E-state index contributed by atoms with van der Waals surface area (Å²) in [7, 11) is 0. The highest BCUT2D eigenvalue weighted by Crippen LogP contribution is 2.60. The van der Waals surface area contributed by atoms with Crippen molar-refractivity contribution in [1.29, 1.82) is 0 Å². The van der Waals surface area contributed by atoms with Gasteiger partial charge in [-0.2, -0.15) is 0 Å². The molecule has 3 nitrogen and oxygen atoms in total. The number of oxazole rings is 1. The van der Waals surface area contributed by atoms with Gasteiger partial charge in [0.1, 0.15) is 5.76 Å². The Morgan fingerprint density at radius 2 is 1.85 bits per heavy atom. The molecule has 0 spiro atoms. The molecule has 1 aromatic heterocycles. The predicted octanol–water partition coefficient (Wildman–Crippen LogP) is 3.81. The molecule has 1 heterocycles. The average Bonchev–Trinajstić information content (AvgIpc) is 2.87. The fourth-order valence-corrected chi connectivity index (χ4v) is 5.54. The zero-order valence-corrected chi connectivity index (χ0v) is 12.7. The summed E-state index contributed by atoms with van der Waals surface area (Å²) in [6, 6.07) is 0.225. The van der Waals surface area contributed by atoms with E-state index >= 15 is 0 Å². The van der Waals surface area contributed by atoms with Crippen molar-refractivity contribution < 1.29 is 4.42 Å². The Morgan fingerprint density at radius 1 is 1.25 bits per heavy atom. The van der Waals surface area contributed by atoms with Gasteiger partial charge in [0.05, 0.1) is 12.2 Å². The molecular weight excluding hydrogens is 248 g/mol. The summed E-state index contributed by atoms with van der Waals surface area (Å²) in [6.07, 6.45) is 10.5. The van der Waals surface area contributed by atoms with E-state index in [1.807, 2.05) is 6.20 Å². The van der Waals surface area contributed by atoms with Crippen molar-refractivity contribution in [1.82, 2.24) is 10.3 Å². The van der Waals surface area contributed by atoms with Crippen molar-refractivity contribution in [3.8, 4) is 0 Å². The van der Waals surface area contributed by atoms with Crippen molar-refractivity contribution in [3.05, 3.63) is 17.8 Å². The Kier molecular flexibility index (Phi) is 2.95. The van der Waals surface area contributed by atoms with E-state index in [1.54, 1.807) is 0 Å². The second kappa shape index (κ2) is 4.59. The first kappa shape index (κ1) is 12.9. The zero-order chi connectivity index (χ0) is 13.7. The minimum absolute atomic E-state index is 0.225. The topological polar surface area (TPSA) is 38.1 Å². The molecule has 0 amide bonds. The Labute approximate surface area is 121 Å². The zero-order valence-electron chi connectivity index (χ0n) is 12.7. The van der Waals surface area contributed by atoms with E-state index in [4.69, 9.17) is 4.42 Å². The molecule has 4 aliphatic carbocycles. The van der Waals surface area contributed by atoms with Crippen molar-refractivity contribution in [2.24, 2.45) is 17.8 Å². The number of aromatic nitrogens is 1.